The second-order valence-corrected chi connectivity index (χ2v) is 6.70. The summed E-state index contributed by atoms with van der Waals surface area (Å²) in [5.41, 5.74) is 0.678. The normalized spacial score (nSPS) is 19.0. The maximum atomic E-state index is 12.0. The fourth-order valence-corrected chi connectivity index (χ4v) is 3.21. The van der Waals surface area contributed by atoms with E-state index in [2.05, 4.69) is 10.2 Å². The summed E-state index contributed by atoms with van der Waals surface area (Å²) < 4.78 is 5.51. The summed E-state index contributed by atoms with van der Waals surface area (Å²) in [6.45, 7) is 4.03. The highest BCUT2D eigenvalue weighted by Crippen LogP contribution is 2.29. The number of likely N-dealkylation sites (tertiary alicyclic amines) is 1. The maximum Gasteiger partial charge on any atom is 0.258 e. The number of piperidine rings is 1. The zero-order chi connectivity index (χ0) is 16.9. The van der Waals surface area contributed by atoms with E-state index in [1.54, 1.807) is 24.3 Å². The molecule has 1 aliphatic heterocycles. The van der Waals surface area contributed by atoms with Crippen molar-refractivity contribution in [2.75, 3.05) is 19.7 Å². The van der Waals surface area contributed by atoms with Crippen LogP contribution in [0.5, 0.6) is 5.75 Å². The van der Waals surface area contributed by atoms with E-state index in [1.807, 2.05) is 6.92 Å². The number of carbonyl (C=O) groups is 2. The molecule has 0 unspecified atom stereocenters. The zero-order valence-electron chi connectivity index (χ0n) is 14.3. The molecule has 130 valence electrons. The van der Waals surface area contributed by atoms with E-state index in [0.717, 1.165) is 32.0 Å². The zero-order valence-corrected chi connectivity index (χ0v) is 14.3. The van der Waals surface area contributed by atoms with Gasteiger partial charge in [-0.3, -0.25) is 9.59 Å². The number of carbonyl (C=O) groups excluding carboxylic acids is 2. The SMILES string of the molecule is CCC(=O)c1ccc(OCC(=O)NC2CCN(C3CC3)CC2)cc1. The lowest BCUT2D eigenvalue weighted by Crippen LogP contribution is -2.46. The Morgan fingerprint density at radius 1 is 1.12 bits per heavy atom. The third-order valence-corrected chi connectivity index (χ3v) is 4.83. The van der Waals surface area contributed by atoms with Gasteiger partial charge < -0.3 is 15.0 Å². The van der Waals surface area contributed by atoms with Crippen LogP contribution in [0.2, 0.25) is 0 Å². The van der Waals surface area contributed by atoms with Crippen LogP contribution in [-0.4, -0.2) is 48.4 Å². The Morgan fingerprint density at radius 2 is 1.79 bits per heavy atom. The van der Waals surface area contributed by atoms with Crippen LogP contribution in [0.1, 0.15) is 49.4 Å². The third kappa shape index (κ3) is 4.57. The molecular weight excluding hydrogens is 304 g/mol. The fraction of sp³-hybridized carbons (Fsp3) is 0.579. The highest BCUT2D eigenvalue weighted by Gasteiger charge is 2.32. The molecule has 5 heteroatoms. The van der Waals surface area contributed by atoms with Gasteiger partial charge in [-0.05, 0) is 49.9 Å². The monoisotopic (exact) mass is 330 g/mol. The number of benzene rings is 1. The Kier molecular flexibility index (Phi) is 5.51. The van der Waals surface area contributed by atoms with E-state index >= 15 is 0 Å². The number of ether oxygens (including phenoxy) is 1. The first kappa shape index (κ1) is 17.0. The molecular formula is C19H26N2O3. The van der Waals surface area contributed by atoms with Gasteiger partial charge >= 0.3 is 0 Å². The second kappa shape index (κ2) is 7.79. The number of hydrogen-bond acceptors (Lipinski definition) is 4. The minimum absolute atomic E-state index is 0.0178. The van der Waals surface area contributed by atoms with Crippen LogP contribution < -0.4 is 10.1 Å². The van der Waals surface area contributed by atoms with E-state index in [1.165, 1.54) is 12.8 Å². The molecule has 2 fully saturated rings. The van der Waals surface area contributed by atoms with Crippen LogP contribution in [0, 0.1) is 0 Å². The average Bonchev–Trinajstić information content (AvgIpc) is 3.45. The lowest BCUT2D eigenvalue weighted by Gasteiger charge is -2.32. The average molecular weight is 330 g/mol. The predicted molar refractivity (Wildman–Crippen MR) is 92.3 cm³/mol. The minimum Gasteiger partial charge on any atom is -0.484 e. The summed E-state index contributed by atoms with van der Waals surface area (Å²) in [5, 5.41) is 3.06. The van der Waals surface area contributed by atoms with Crippen molar-refractivity contribution in [2.45, 2.75) is 51.1 Å². The van der Waals surface area contributed by atoms with Crippen LogP contribution in [0.25, 0.3) is 0 Å². The first-order chi connectivity index (χ1) is 11.7. The van der Waals surface area contributed by atoms with Gasteiger partial charge in [-0.25, -0.2) is 0 Å². The number of Topliss-reactive ketones (excluding diaryl/α,β-unsaturated/α-hetero) is 1. The quantitative estimate of drug-likeness (QED) is 0.780. The van der Waals surface area contributed by atoms with E-state index < -0.39 is 0 Å². The van der Waals surface area contributed by atoms with Crippen LogP contribution in [0.15, 0.2) is 24.3 Å². The third-order valence-electron chi connectivity index (χ3n) is 4.83. The van der Waals surface area contributed by atoms with E-state index in [-0.39, 0.29) is 24.3 Å². The standard InChI is InChI=1S/C19H26N2O3/c1-2-18(22)14-3-7-17(8-4-14)24-13-19(23)20-15-9-11-21(12-10-15)16-5-6-16/h3-4,7-8,15-16H,2,5-6,9-13H2,1H3,(H,20,23). The molecule has 0 radical (unpaired) electrons. The Morgan fingerprint density at radius 3 is 2.38 bits per heavy atom. The summed E-state index contributed by atoms with van der Waals surface area (Å²) in [7, 11) is 0. The molecule has 0 aromatic heterocycles. The van der Waals surface area contributed by atoms with Crippen molar-refractivity contribution >= 4 is 11.7 Å². The summed E-state index contributed by atoms with van der Waals surface area (Å²) >= 11 is 0. The van der Waals surface area contributed by atoms with Gasteiger partial charge in [0.2, 0.25) is 0 Å². The minimum atomic E-state index is -0.0754. The van der Waals surface area contributed by atoms with E-state index in [9.17, 15) is 9.59 Å². The van der Waals surface area contributed by atoms with Crippen molar-refractivity contribution < 1.29 is 14.3 Å². The predicted octanol–water partition coefficient (Wildman–Crippen LogP) is 2.40. The van der Waals surface area contributed by atoms with Crippen molar-refractivity contribution in [3.05, 3.63) is 29.8 Å². The Labute approximate surface area is 143 Å². The van der Waals surface area contributed by atoms with Crippen molar-refractivity contribution in [1.29, 1.82) is 0 Å². The van der Waals surface area contributed by atoms with E-state index in [0.29, 0.717) is 17.7 Å². The molecule has 1 saturated heterocycles. The molecule has 1 aliphatic carbocycles. The largest absolute Gasteiger partial charge is 0.484 e. The van der Waals surface area contributed by atoms with Gasteiger partial charge in [0.1, 0.15) is 5.75 Å². The molecule has 1 heterocycles. The Bertz CT molecular complexity index is 573. The molecule has 2 aliphatic rings. The first-order valence-electron chi connectivity index (χ1n) is 8.95. The summed E-state index contributed by atoms with van der Waals surface area (Å²) in [6.07, 6.45) is 5.22. The van der Waals surface area contributed by atoms with Gasteiger partial charge in [0.25, 0.3) is 5.91 Å². The van der Waals surface area contributed by atoms with Gasteiger partial charge in [0.05, 0.1) is 0 Å². The number of nitrogens with one attached hydrogen (secondary N) is 1. The van der Waals surface area contributed by atoms with Gasteiger partial charge in [-0.1, -0.05) is 6.92 Å². The number of hydrogen-bond donors (Lipinski definition) is 1. The lowest BCUT2D eigenvalue weighted by atomic mass is 10.0. The highest BCUT2D eigenvalue weighted by atomic mass is 16.5. The number of rotatable bonds is 7. The van der Waals surface area contributed by atoms with E-state index in [4.69, 9.17) is 4.74 Å². The van der Waals surface area contributed by atoms with Gasteiger partial charge in [0.15, 0.2) is 12.4 Å². The number of nitrogens with zero attached hydrogens (tertiary/aromatic N) is 1. The molecule has 5 nitrogen and oxygen atoms in total. The van der Waals surface area contributed by atoms with Crippen molar-refractivity contribution in [3.63, 3.8) is 0 Å². The lowest BCUT2D eigenvalue weighted by molar-refractivity contribution is -0.124. The molecule has 0 atom stereocenters. The molecule has 0 spiro atoms. The molecule has 24 heavy (non-hydrogen) atoms. The second-order valence-electron chi connectivity index (χ2n) is 6.70. The van der Waals surface area contributed by atoms with Gasteiger partial charge in [0, 0.05) is 37.2 Å². The van der Waals surface area contributed by atoms with Crippen molar-refractivity contribution in [3.8, 4) is 5.75 Å². The summed E-state index contributed by atoms with van der Waals surface area (Å²) in [5.74, 6) is 0.645. The molecule has 1 aromatic carbocycles. The summed E-state index contributed by atoms with van der Waals surface area (Å²) in [4.78, 5) is 26.1. The highest BCUT2D eigenvalue weighted by molar-refractivity contribution is 5.95. The van der Waals surface area contributed by atoms with Crippen LogP contribution >= 0.6 is 0 Å². The van der Waals surface area contributed by atoms with Crippen LogP contribution in [-0.2, 0) is 4.79 Å². The Balaban J connectivity index is 1.38. The molecule has 0 bridgehead atoms. The first-order valence-corrected chi connectivity index (χ1v) is 8.95. The molecule has 1 N–H and O–H groups in total. The smallest absolute Gasteiger partial charge is 0.258 e. The topological polar surface area (TPSA) is 58.6 Å². The molecule has 1 amide bonds. The summed E-state index contributed by atoms with van der Waals surface area (Å²) in [6, 6.07) is 8.04. The fourth-order valence-electron chi connectivity index (χ4n) is 3.21. The van der Waals surface area contributed by atoms with Crippen LogP contribution in [0.3, 0.4) is 0 Å². The van der Waals surface area contributed by atoms with Crippen LogP contribution in [0.4, 0.5) is 0 Å². The molecule has 1 aromatic rings. The maximum absolute atomic E-state index is 12.0. The van der Waals surface area contributed by atoms with Crippen molar-refractivity contribution in [2.24, 2.45) is 0 Å². The van der Waals surface area contributed by atoms with Gasteiger partial charge in [-0.15, -0.1) is 0 Å². The number of ketones is 1. The Hall–Kier alpha value is -1.88. The number of amides is 1. The van der Waals surface area contributed by atoms with Gasteiger partial charge in [-0.2, -0.15) is 0 Å². The molecule has 3 rings (SSSR count). The van der Waals surface area contributed by atoms with Crippen molar-refractivity contribution in [1.82, 2.24) is 10.2 Å². The molecule has 1 saturated carbocycles.